The molecule has 0 aliphatic carbocycles. The molecule has 1 aliphatic rings. The molecule has 0 radical (unpaired) electrons. The number of aromatic hydroxyl groups is 1. The summed E-state index contributed by atoms with van der Waals surface area (Å²) in [5.74, 6) is 0.472. The first-order valence-electron chi connectivity index (χ1n) is 9.45. The maximum Gasteiger partial charge on any atom is 0.331 e. The van der Waals surface area contributed by atoms with Gasteiger partial charge >= 0.3 is 5.69 Å². The molecule has 1 aromatic carbocycles. The predicted octanol–water partition coefficient (Wildman–Crippen LogP) is 1.94. The van der Waals surface area contributed by atoms with Crippen molar-refractivity contribution in [1.29, 1.82) is 0 Å². The Balaban J connectivity index is 1.94. The Morgan fingerprint density at radius 1 is 1.32 bits per heavy atom. The molecule has 0 fully saturated rings. The van der Waals surface area contributed by atoms with Gasteiger partial charge < -0.3 is 20.1 Å². The second kappa shape index (κ2) is 6.87. The van der Waals surface area contributed by atoms with Crippen LogP contribution in [0, 0.1) is 0 Å². The van der Waals surface area contributed by atoms with E-state index in [0.29, 0.717) is 13.0 Å². The maximum atomic E-state index is 12.6. The zero-order valence-electron chi connectivity index (χ0n) is 16.1. The SMILES string of the molecule is CC[C@H](C)n1c(O)c([C@@H]2NCCc3c2[nH]c2ccc(OC)cc32)c(=O)[nH]c1=O. The highest BCUT2D eigenvalue weighted by Crippen LogP contribution is 2.36. The summed E-state index contributed by atoms with van der Waals surface area (Å²) < 4.78 is 6.59. The van der Waals surface area contributed by atoms with Crippen LogP contribution in [0.15, 0.2) is 27.8 Å². The number of nitrogens with zero attached hydrogens (tertiary/aromatic N) is 1. The predicted molar refractivity (Wildman–Crippen MR) is 106 cm³/mol. The molecule has 3 aromatic rings. The number of methoxy groups -OCH3 is 1. The van der Waals surface area contributed by atoms with Crippen LogP contribution in [0.3, 0.4) is 0 Å². The number of nitrogens with one attached hydrogen (secondary N) is 3. The zero-order chi connectivity index (χ0) is 20.0. The summed E-state index contributed by atoms with van der Waals surface area (Å²) in [4.78, 5) is 30.6. The fourth-order valence-corrected chi connectivity index (χ4v) is 3.98. The minimum absolute atomic E-state index is 0.152. The number of aromatic nitrogens is 3. The van der Waals surface area contributed by atoms with Crippen molar-refractivity contribution in [3.05, 3.63) is 55.9 Å². The first-order chi connectivity index (χ1) is 13.5. The number of aromatic amines is 2. The third kappa shape index (κ3) is 2.72. The van der Waals surface area contributed by atoms with Crippen LogP contribution in [0.1, 0.15) is 49.2 Å². The van der Waals surface area contributed by atoms with Gasteiger partial charge in [-0.25, -0.2) is 4.79 Å². The van der Waals surface area contributed by atoms with Crippen molar-refractivity contribution in [3.8, 4) is 11.6 Å². The summed E-state index contributed by atoms with van der Waals surface area (Å²) >= 11 is 0. The lowest BCUT2D eigenvalue weighted by atomic mass is 9.95. The molecule has 2 atom stereocenters. The highest BCUT2D eigenvalue weighted by Gasteiger charge is 2.31. The Morgan fingerprint density at radius 3 is 2.82 bits per heavy atom. The molecular formula is C20H24N4O4. The van der Waals surface area contributed by atoms with Crippen molar-refractivity contribution in [2.75, 3.05) is 13.7 Å². The lowest BCUT2D eigenvalue weighted by Gasteiger charge is -2.26. The van der Waals surface area contributed by atoms with E-state index in [1.807, 2.05) is 32.0 Å². The summed E-state index contributed by atoms with van der Waals surface area (Å²) in [6.07, 6.45) is 1.43. The monoisotopic (exact) mass is 384 g/mol. The van der Waals surface area contributed by atoms with Crippen LogP contribution in [0.5, 0.6) is 11.6 Å². The van der Waals surface area contributed by atoms with Crippen LogP contribution in [0.25, 0.3) is 10.9 Å². The van der Waals surface area contributed by atoms with Crippen LogP contribution < -0.4 is 21.3 Å². The van der Waals surface area contributed by atoms with E-state index >= 15 is 0 Å². The molecule has 148 valence electrons. The number of benzene rings is 1. The standard InChI is InChI=1S/C20H24N4O4/c1-4-10(2)24-19(26)15(18(25)23-20(24)27)17-16-12(7-8-21-17)13-9-11(28-3)5-6-14(13)22-16/h5-6,9-10,17,21-22,26H,4,7-8H2,1-3H3,(H,23,25,27)/t10-,17-/m0/s1. The zero-order valence-corrected chi connectivity index (χ0v) is 16.1. The Bertz CT molecular complexity index is 1160. The van der Waals surface area contributed by atoms with Crippen LogP contribution in [-0.2, 0) is 6.42 Å². The van der Waals surface area contributed by atoms with E-state index in [-0.39, 0.29) is 17.5 Å². The van der Waals surface area contributed by atoms with Crippen molar-refractivity contribution in [2.24, 2.45) is 0 Å². The molecule has 0 saturated carbocycles. The third-order valence-corrected chi connectivity index (χ3v) is 5.63. The summed E-state index contributed by atoms with van der Waals surface area (Å²) in [6, 6.07) is 5.00. The van der Waals surface area contributed by atoms with E-state index in [9.17, 15) is 14.7 Å². The molecule has 8 nitrogen and oxygen atoms in total. The lowest BCUT2D eigenvalue weighted by molar-refractivity contribution is 0.353. The molecule has 1 aliphatic heterocycles. The van der Waals surface area contributed by atoms with Crippen molar-refractivity contribution in [1.82, 2.24) is 19.9 Å². The van der Waals surface area contributed by atoms with E-state index in [1.165, 1.54) is 4.57 Å². The summed E-state index contributed by atoms with van der Waals surface area (Å²) in [5.41, 5.74) is 1.81. The molecule has 0 unspecified atom stereocenters. The van der Waals surface area contributed by atoms with Crippen LogP contribution in [0.2, 0.25) is 0 Å². The van der Waals surface area contributed by atoms with Crippen LogP contribution >= 0.6 is 0 Å². The Morgan fingerprint density at radius 2 is 2.11 bits per heavy atom. The Labute approximate surface area is 161 Å². The number of ether oxygens (including phenoxy) is 1. The molecule has 0 bridgehead atoms. The number of fused-ring (bicyclic) bond motifs is 3. The molecule has 28 heavy (non-hydrogen) atoms. The van der Waals surface area contributed by atoms with Gasteiger partial charge in [0, 0.05) is 29.2 Å². The molecule has 8 heteroatoms. The fourth-order valence-electron chi connectivity index (χ4n) is 3.98. The van der Waals surface area contributed by atoms with Crippen molar-refractivity contribution >= 4 is 10.9 Å². The van der Waals surface area contributed by atoms with Crippen molar-refractivity contribution in [3.63, 3.8) is 0 Å². The topological polar surface area (TPSA) is 112 Å². The quantitative estimate of drug-likeness (QED) is 0.549. The molecule has 0 amide bonds. The van der Waals surface area contributed by atoms with Crippen LogP contribution in [-0.4, -0.2) is 33.3 Å². The van der Waals surface area contributed by atoms with Crippen LogP contribution in [0.4, 0.5) is 0 Å². The van der Waals surface area contributed by atoms with Gasteiger partial charge in [-0.1, -0.05) is 6.92 Å². The highest BCUT2D eigenvalue weighted by atomic mass is 16.5. The van der Waals surface area contributed by atoms with Gasteiger partial charge in [-0.2, -0.15) is 0 Å². The fraction of sp³-hybridized carbons (Fsp3) is 0.400. The average Bonchev–Trinajstić information content (AvgIpc) is 3.06. The molecule has 2 aromatic heterocycles. The molecule has 0 saturated heterocycles. The minimum atomic E-state index is -0.599. The van der Waals surface area contributed by atoms with E-state index in [4.69, 9.17) is 4.74 Å². The molecular weight excluding hydrogens is 360 g/mol. The van der Waals surface area contributed by atoms with E-state index in [1.54, 1.807) is 7.11 Å². The number of H-pyrrole nitrogens is 2. The average molecular weight is 384 g/mol. The summed E-state index contributed by atoms with van der Waals surface area (Å²) in [5, 5.41) is 15.2. The van der Waals surface area contributed by atoms with Crippen molar-refractivity contribution < 1.29 is 9.84 Å². The van der Waals surface area contributed by atoms with Gasteiger partial charge in [0.2, 0.25) is 5.88 Å². The van der Waals surface area contributed by atoms with Gasteiger partial charge in [0.1, 0.15) is 11.3 Å². The summed E-state index contributed by atoms with van der Waals surface area (Å²) in [7, 11) is 1.63. The van der Waals surface area contributed by atoms with Gasteiger partial charge in [-0.05, 0) is 43.5 Å². The molecule has 3 heterocycles. The third-order valence-electron chi connectivity index (χ3n) is 5.63. The Hall–Kier alpha value is -3.00. The smallest absolute Gasteiger partial charge is 0.331 e. The lowest BCUT2D eigenvalue weighted by Crippen LogP contribution is -2.39. The molecule has 4 rings (SSSR count). The molecule has 0 spiro atoms. The second-order valence-electron chi connectivity index (χ2n) is 7.19. The van der Waals surface area contributed by atoms with E-state index < -0.39 is 17.3 Å². The van der Waals surface area contributed by atoms with Gasteiger partial charge in [-0.15, -0.1) is 0 Å². The van der Waals surface area contributed by atoms with Crippen molar-refractivity contribution in [2.45, 2.75) is 38.8 Å². The minimum Gasteiger partial charge on any atom is -0.497 e. The van der Waals surface area contributed by atoms with Gasteiger partial charge in [0.25, 0.3) is 5.56 Å². The second-order valence-corrected chi connectivity index (χ2v) is 7.19. The number of hydrogen-bond acceptors (Lipinski definition) is 5. The summed E-state index contributed by atoms with van der Waals surface area (Å²) in [6.45, 7) is 4.39. The van der Waals surface area contributed by atoms with Gasteiger partial charge in [-0.3, -0.25) is 14.3 Å². The van der Waals surface area contributed by atoms with E-state index in [2.05, 4.69) is 15.3 Å². The molecule has 4 N–H and O–H groups in total. The Kier molecular flexibility index (Phi) is 4.50. The van der Waals surface area contributed by atoms with E-state index in [0.717, 1.165) is 34.3 Å². The number of rotatable bonds is 4. The number of hydrogen-bond donors (Lipinski definition) is 4. The first-order valence-corrected chi connectivity index (χ1v) is 9.45. The normalized spacial score (nSPS) is 17.5. The highest BCUT2D eigenvalue weighted by molar-refractivity contribution is 5.86. The largest absolute Gasteiger partial charge is 0.497 e. The van der Waals surface area contributed by atoms with Gasteiger partial charge in [0.05, 0.1) is 13.2 Å². The maximum absolute atomic E-state index is 12.6. The van der Waals surface area contributed by atoms with Gasteiger partial charge in [0.15, 0.2) is 0 Å². The first kappa shape index (κ1) is 18.4.